The summed E-state index contributed by atoms with van der Waals surface area (Å²) >= 11 is 0. The van der Waals surface area contributed by atoms with E-state index in [4.69, 9.17) is 0 Å². The molecule has 2 unspecified atom stereocenters. The minimum Gasteiger partial charge on any atom is -0.481 e. The molecule has 0 saturated heterocycles. The number of carboxylic acid groups (broad SMARTS) is 1. The second kappa shape index (κ2) is 16.9. The van der Waals surface area contributed by atoms with Crippen LogP contribution < -0.4 is 5.32 Å². The number of rotatable bonds is 17. The van der Waals surface area contributed by atoms with Crippen molar-refractivity contribution in [2.24, 2.45) is 11.8 Å². The molecule has 1 saturated carbocycles. The van der Waals surface area contributed by atoms with Crippen LogP contribution in [-0.4, -0.2) is 23.5 Å². The maximum absolute atomic E-state index is 12.3. The summed E-state index contributed by atoms with van der Waals surface area (Å²) in [4.78, 5) is 23.6. The highest BCUT2D eigenvalue weighted by Gasteiger charge is 2.35. The van der Waals surface area contributed by atoms with E-state index in [9.17, 15) is 14.7 Å². The number of hydrogen-bond acceptors (Lipinski definition) is 2. The molecule has 1 aliphatic carbocycles. The Morgan fingerprint density at radius 3 is 1.61 bits per heavy atom. The van der Waals surface area contributed by atoms with Crippen molar-refractivity contribution in [3.8, 4) is 0 Å². The fourth-order valence-electron chi connectivity index (χ4n) is 4.40. The number of hydrogen-bond donors (Lipinski definition) is 2. The Bertz CT molecular complexity index is 411. The van der Waals surface area contributed by atoms with Crippen LogP contribution in [0.2, 0.25) is 0 Å². The van der Waals surface area contributed by atoms with Crippen molar-refractivity contribution in [1.29, 1.82) is 0 Å². The van der Waals surface area contributed by atoms with E-state index in [0.29, 0.717) is 13.0 Å². The zero-order valence-corrected chi connectivity index (χ0v) is 18.4. The lowest BCUT2D eigenvalue weighted by Crippen LogP contribution is -2.40. The van der Waals surface area contributed by atoms with E-state index in [2.05, 4.69) is 12.2 Å². The molecule has 0 aliphatic heterocycles. The molecule has 0 heterocycles. The van der Waals surface area contributed by atoms with Crippen molar-refractivity contribution in [2.75, 3.05) is 6.54 Å². The molecular weight excluding hydrogens is 350 g/mol. The zero-order chi connectivity index (χ0) is 20.5. The molecule has 1 amide bonds. The highest BCUT2D eigenvalue weighted by atomic mass is 16.4. The largest absolute Gasteiger partial charge is 0.481 e. The molecule has 164 valence electrons. The summed E-state index contributed by atoms with van der Waals surface area (Å²) < 4.78 is 0. The minimum atomic E-state index is -0.809. The van der Waals surface area contributed by atoms with Gasteiger partial charge in [0.25, 0.3) is 0 Å². The summed E-state index contributed by atoms with van der Waals surface area (Å²) in [7, 11) is 0. The van der Waals surface area contributed by atoms with Gasteiger partial charge in [0, 0.05) is 6.54 Å². The van der Waals surface area contributed by atoms with Crippen LogP contribution in [0.15, 0.2) is 0 Å². The van der Waals surface area contributed by atoms with Gasteiger partial charge in [-0.3, -0.25) is 9.59 Å². The molecule has 2 atom stereocenters. The topological polar surface area (TPSA) is 66.4 Å². The van der Waals surface area contributed by atoms with Gasteiger partial charge in [-0.05, 0) is 19.3 Å². The summed E-state index contributed by atoms with van der Waals surface area (Å²) in [6.07, 6.45) is 21.9. The number of amides is 1. The van der Waals surface area contributed by atoms with Crippen molar-refractivity contribution in [3.05, 3.63) is 0 Å². The monoisotopic (exact) mass is 395 g/mol. The Labute approximate surface area is 173 Å². The van der Waals surface area contributed by atoms with Gasteiger partial charge in [-0.2, -0.15) is 0 Å². The van der Waals surface area contributed by atoms with Crippen LogP contribution >= 0.6 is 0 Å². The van der Waals surface area contributed by atoms with E-state index in [0.717, 1.165) is 32.1 Å². The third-order valence-corrected chi connectivity index (χ3v) is 6.25. The van der Waals surface area contributed by atoms with Crippen LogP contribution in [0.1, 0.15) is 122 Å². The molecule has 1 fully saturated rings. The van der Waals surface area contributed by atoms with Crippen molar-refractivity contribution < 1.29 is 14.7 Å². The van der Waals surface area contributed by atoms with E-state index in [1.165, 1.54) is 77.0 Å². The predicted molar refractivity (Wildman–Crippen MR) is 116 cm³/mol. The second-order valence-electron chi connectivity index (χ2n) is 8.72. The molecule has 0 aromatic heterocycles. The lowest BCUT2D eigenvalue weighted by molar-refractivity contribution is -0.148. The molecule has 0 spiro atoms. The van der Waals surface area contributed by atoms with E-state index in [1.807, 2.05) is 0 Å². The number of carboxylic acids is 1. The molecule has 2 N–H and O–H groups in total. The van der Waals surface area contributed by atoms with E-state index in [-0.39, 0.29) is 11.8 Å². The molecular formula is C24H45NO3. The first-order valence-electron chi connectivity index (χ1n) is 12.2. The summed E-state index contributed by atoms with van der Waals surface area (Å²) in [5.41, 5.74) is 0. The molecule has 0 aromatic rings. The van der Waals surface area contributed by atoms with Gasteiger partial charge >= 0.3 is 5.97 Å². The molecule has 4 nitrogen and oxygen atoms in total. The van der Waals surface area contributed by atoms with Gasteiger partial charge in [0.2, 0.25) is 5.91 Å². The normalized spacial score (nSPS) is 19.5. The average molecular weight is 396 g/mol. The van der Waals surface area contributed by atoms with Gasteiger partial charge in [0.1, 0.15) is 0 Å². The second-order valence-corrected chi connectivity index (χ2v) is 8.72. The van der Waals surface area contributed by atoms with Crippen LogP contribution in [0.3, 0.4) is 0 Å². The van der Waals surface area contributed by atoms with Crippen LogP contribution in [0.4, 0.5) is 0 Å². The Morgan fingerprint density at radius 2 is 1.14 bits per heavy atom. The summed E-state index contributed by atoms with van der Waals surface area (Å²) in [6, 6.07) is 0. The third kappa shape index (κ3) is 11.7. The SMILES string of the molecule is CCCCCCCCCCCCCCCCNC(=O)C1CCCCC1C(=O)O. The summed E-state index contributed by atoms with van der Waals surface area (Å²) in [5, 5.41) is 12.3. The fourth-order valence-corrected chi connectivity index (χ4v) is 4.40. The zero-order valence-electron chi connectivity index (χ0n) is 18.4. The Balaban J connectivity index is 1.88. The first-order chi connectivity index (χ1) is 13.7. The molecule has 0 aromatic carbocycles. The maximum Gasteiger partial charge on any atom is 0.307 e. The lowest BCUT2D eigenvalue weighted by Gasteiger charge is -2.27. The van der Waals surface area contributed by atoms with Crippen molar-refractivity contribution in [1.82, 2.24) is 5.32 Å². The van der Waals surface area contributed by atoms with Crippen LogP contribution in [0.5, 0.6) is 0 Å². The van der Waals surface area contributed by atoms with Crippen LogP contribution in [0, 0.1) is 11.8 Å². The maximum atomic E-state index is 12.3. The fraction of sp³-hybridized carbons (Fsp3) is 0.917. The number of unbranched alkanes of at least 4 members (excludes halogenated alkanes) is 13. The molecule has 1 aliphatic rings. The third-order valence-electron chi connectivity index (χ3n) is 6.25. The number of carbonyl (C=O) groups is 2. The van der Waals surface area contributed by atoms with Gasteiger partial charge in [0.05, 0.1) is 11.8 Å². The Kier molecular flexibility index (Phi) is 15.0. The quantitative estimate of drug-likeness (QED) is 0.277. The molecule has 1 rings (SSSR count). The molecule has 0 bridgehead atoms. The highest BCUT2D eigenvalue weighted by molar-refractivity contribution is 5.84. The van der Waals surface area contributed by atoms with Crippen LogP contribution in [0.25, 0.3) is 0 Å². The first-order valence-corrected chi connectivity index (χ1v) is 12.2. The predicted octanol–water partition coefficient (Wildman–Crippen LogP) is 6.47. The number of carbonyl (C=O) groups excluding carboxylic acids is 1. The smallest absolute Gasteiger partial charge is 0.307 e. The van der Waals surface area contributed by atoms with Gasteiger partial charge in [0.15, 0.2) is 0 Å². The standard InChI is InChI=1S/C24H45NO3/c1-2-3-4-5-6-7-8-9-10-11-12-13-14-17-20-25-23(26)21-18-15-16-19-22(21)24(27)28/h21-22H,2-20H2,1H3,(H,25,26)(H,27,28). The lowest BCUT2D eigenvalue weighted by atomic mass is 9.78. The van der Waals surface area contributed by atoms with Gasteiger partial charge in [-0.15, -0.1) is 0 Å². The average Bonchev–Trinajstić information content (AvgIpc) is 2.70. The first kappa shape index (κ1) is 25.0. The minimum absolute atomic E-state index is 0.0400. The summed E-state index contributed by atoms with van der Waals surface area (Å²) in [5.74, 6) is -1.65. The van der Waals surface area contributed by atoms with Crippen molar-refractivity contribution in [2.45, 2.75) is 122 Å². The van der Waals surface area contributed by atoms with Crippen molar-refractivity contribution in [3.63, 3.8) is 0 Å². The Hall–Kier alpha value is -1.06. The van der Waals surface area contributed by atoms with E-state index in [1.54, 1.807) is 0 Å². The van der Waals surface area contributed by atoms with Gasteiger partial charge in [-0.25, -0.2) is 0 Å². The van der Waals surface area contributed by atoms with E-state index >= 15 is 0 Å². The molecule has 0 radical (unpaired) electrons. The summed E-state index contributed by atoms with van der Waals surface area (Å²) in [6.45, 7) is 2.96. The number of aliphatic carboxylic acids is 1. The van der Waals surface area contributed by atoms with Gasteiger partial charge in [-0.1, -0.05) is 103 Å². The Morgan fingerprint density at radius 1 is 0.714 bits per heavy atom. The molecule has 4 heteroatoms. The van der Waals surface area contributed by atoms with Gasteiger partial charge < -0.3 is 10.4 Å². The highest BCUT2D eigenvalue weighted by Crippen LogP contribution is 2.30. The van der Waals surface area contributed by atoms with E-state index < -0.39 is 11.9 Å². The molecule has 28 heavy (non-hydrogen) atoms. The van der Waals surface area contributed by atoms with Crippen molar-refractivity contribution >= 4 is 11.9 Å². The van der Waals surface area contributed by atoms with Crippen LogP contribution in [-0.2, 0) is 9.59 Å². The number of nitrogens with one attached hydrogen (secondary N) is 1.